The SMILES string of the molecule is O=C1C[C@@H](c2ccc(F)c(F)c2)c2sc(C(=O)O)c(-c3ccc(F)cc3)c2N1. The second-order valence-electron chi connectivity index (χ2n) is 6.34. The normalized spacial score (nSPS) is 15.8. The number of hydrogen-bond acceptors (Lipinski definition) is 3. The van der Waals surface area contributed by atoms with Crippen molar-refractivity contribution in [2.24, 2.45) is 0 Å². The monoisotopic (exact) mass is 403 g/mol. The molecule has 1 aliphatic rings. The summed E-state index contributed by atoms with van der Waals surface area (Å²) in [5, 5.41) is 12.3. The molecule has 0 spiro atoms. The number of nitrogens with one attached hydrogen (secondary N) is 1. The molecule has 2 aromatic carbocycles. The molecule has 3 aromatic rings. The standard InChI is InChI=1S/C20H12F3NO3S/c21-11-4-1-9(2-5-11)16-17-18(28-19(16)20(26)27)12(8-15(25)24-17)10-3-6-13(22)14(23)7-10/h1-7,12H,8H2,(H,24,25)(H,26,27)/t12-/m0/s1. The molecular weight excluding hydrogens is 391 g/mol. The largest absolute Gasteiger partial charge is 0.477 e. The number of aromatic carboxylic acids is 1. The van der Waals surface area contributed by atoms with Crippen LogP contribution < -0.4 is 5.32 Å². The fraction of sp³-hybridized carbons (Fsp3) is 0.100. The molecule has 4 nitrogen and oxygen atoms in total. The molecule has 28 heavy (non-hydrogen) atoms. The van der Waals surface area contributed by atoms with Gasteiger partial charge in [0.25, 0.3) is 0 Å². The van der Waals surface area contributed by atoms with Crippen molar-refractivity contribution in [2.75, 3.05) is 5.32 Å². The molecule has 1 aromatic heterocycles. The van der Waals surface area contributed by atoms with Crippen molar-refractivity contribution in [3.63, 3.8) is 0 Å². The van der Waals surface area contributed by atoms with E-state index in [1.165, 1.54) is 30.3 Å². The first-order valence-corrected chi connectivity index (χ1v) is 9.07. The van der Waals surface area contributed by atoms with Crippen LogP contribution in [-0.2, 0) is 4.79 Å². The van der Waals surface area contributed by atoms with Crippen LogP contribution in [0.4, 0.5) is 18.9 Å². The summed E-state index contributed by atoms with van der Waals surface area (Å²) in [7, 11) is 0. The number of carbonyl (C=O) groups is 2. The molecule has 0 radical (unpaired) electrons. The molecule has 0 unspecified atom stereocenters. The van der Waals surface area contributed by atoms with Gasteiger partial charge >= 0.3 is 5.97 Å². The molecule has 0 saturated heterocycles. The Bertz CT molecular complexity index is 1110. The summed E-state index contributed by atoms with van der Waals surface area (Å²) in [6.45, 7) is 0. The van der Waals surface area contributed by atoms with Gasteiger partial charge in [0.05, 0.1) is 5.69 Å². The number of halogens is 3. The molecule has 1 amide bonds. The Morgan fingerprint density at radius 3 is 2.43 bits per heavy atom. The molecule has 142 valence electrons. The topological polar surface area (TPSA) is 66.4 Å². The van der Waals surface area contributed by atoms with Gasteiger partial charge in [-0.1, -0.05) is 18.2 Å². The van der Waals surface area contributed by atoms with Gasteiger partial charge in [0, 0.05) is 22.8 Å². The Morgan fingerprint density at radius 2 is 1.79 bits per heavy atom. The maximum atomic E-state index is 13.7. The number of carbonyl (C=O) groups excluding carboxylic acids is 1. The van der Waals surface area contributed by atoms with Gasteiger partial charge in [0.15, 0.2) is 11.6 Å². The Balaban J connectivity index is 1.93. The van der Waals surface area contributed by atoms with Crippen LogP contribution in [0.2, 0.25) is 0 Å². The molecule has 0 fully saturated rings. The molecule has 4 rings (SSSR count). The van der Waals surface area contributed by atoms with Crippen molar-refractivity contribution in [2.45, 2.75) is 12.3 Å². The first-order chi connectivity index (χ1) is 13.3. The number of carboxylic acids is 1. The van der Waals surface area contributed by atoms with E-state index in [4.69, 9.17) is 0 Å². The highest BCUT2D eigenvalue weighted by atomic mass is 32.1. The Kier molecular flexibility index (Phi) is 4.43. The quantitative estimate of drug-likeness (QED) is 0.647. The first-order valence-electron chi connectivity index (χ1n) is 8.26. The Labute approximate surface area is 161 Å². The van der Waals surface area contributed by atoms with Gasteiger partial charge < -0.3 is 10.4 Å². The van der Waals surface area contributed by atoms with Crippen molar-refractivity contribution < 1.29 is 27.9 Å². The van der Waals surface area contributed by atoms with Crippen LogP contribution in [0.5, 0.6) is 0 Å². The smallest absolute Gasteiger partial charge is 0.346 e. The van der Waals surface area contributed by atoms with Crippen molar-refractivity contribution >= 4 is 28.9 Å². The third kappa shape index (κ3) is 3.05. The lowest BCUT2D eigenvalue weighted by Gasteiger charge is -2.24. The highest BCUT2D eigenvalue weighted by Gasteiger charge is 2.34. The number of fused-ring (bicyclic) bond motifs is 1. The predicted molar refractivity (Wildman–Crippen MR) is 98.1 cm³/mol. The van der Waals surface area contributed by atoms with E-state index in [-0.39, 0.29) is 22.8 Å². The molecule has 1 aliphatic heterocycles. The fourth-order valence-corrected chi connectivity index (χ4v) is 4.57. The molecule has 0 saturated carbocycles. The number of benzene rings is 2. The van der Waals surface area contributed by atoms with Gasteiger partial charge in [-0.2, -0.15) is 0 Å². The van der Waals surface area contributed by atoms with E-state index in [1.54, 1.807) is 0 Å². The van der Waals surface area contributed by atoms with E-state index in [9.17, 15) is 27.9 Å². The van der Waals surface area contributed by atoms with Crippen molar-refractivity contribution in [3.05, 3.63) is 75.2 Å². The molecule has 1 atom stereocenters. The zero-order valence-corrected chi connectivity index (χ0v) is 14.9. The Hall–Kier alpha value is -3.13. The van der Waals surface area contributed by atoms with E-state index < -0.39 is 29.3 Å². The molecule has 8 heteroatoms. The molecule has 2 heterocycles. The minimum atomic E-state index is -1.20. The van der Waals surface area contributed by atoms with Crippen LogP contribution in [0.15, 0.2) is 42.5 Å². The second-order valence-corrected chi connectivity index (χ2v) is 7.39. The van der Waals surface area contributed by atoms with E-state index in [2.05, 4.69) is 5.32 Å². The lowest BCUT2D eigenvalue weighted by Crippen LogP contribution is -2.22. The molecule has 0 aliphatic carbocycles. The Morgan fingerprint density at radius 1 is 1.07 bits per heavy atom. The van der Waals surface area contributed by atoms with Gasteiger partial charge in [-0.05, 0) is 35.4 Å². The van der Waals surface area contributed by atoms with Gasteiger partial charge in [0.1, 0.15) is 10.7 Å². The number of carboxylic acid groups (broad SMARTS) is 1. The van der Waals surface area contributed by atoms with E-state index in [0.29, 0.717) is 21.7 Å². The van der Waals surface area contributed by atoms with Crippen molar-refractivity contribution in [3.8, 4) is 11.1 Å². The van der Waals surface area contributed by atoms with Gasteiger partial charge in [0.2, 0.25) is 5.91 Å². The second kappa shape index (κ2) is 6.79. The number of anilines is 1. The summed E-state index contributed by atoms with van der Waals surface area (Å²) in [6, 6.07) is 8.62. The lowest BCUT2D eigenvalue weighted by atomic mass is 9.88. The number of rotatable bonds is 3. The fourth-order valence-electron chi connectivity index (χ4n) is 3.33. The minimum absolute atomic E-state index is 0.0219. The first kappa shape index (κ1) is 18.2. The predicted octanol–water partition coefficient (Wildman–Crippen LogP) is 5.00. The third-order valence-corrected chi connectivity index (χ3v) is 5.87. The number of amides is 1. The summed E-state index contributed by atoms with van der Waals surface area (Å²) in [4.78, 5) is 24.6. The zero-order chi connectivity index (χ0) is 20.0. The summed E-state index contributed by atoms with van der Waals surface area (Å²) in [5.74, 6) is -4.71. The van der Waals surface area contributed by atoms with E-state index >= 15 is 0 Å². The zero-order valence-electron chi connectivity index (χ0n) is 14.1. The highest BCUT2D eigenvalue weighted by molar-refractivity contribution is 7.15. The van der Waals surface area contributed by atoms with Gasteiger partial charge in [-0.15, -0.1) is 11.3 Å². The molecule has 2 N–H and O–H groups in total. The van der Waals surface area contributed by atoms with Crippen LogP contribution in [0.1, 0.15) is 32.5 Å². The summed E-state index contributed by atoms with van der Waals surface area (Å²) in [6.07, 6.45) is -0.0273. The highest BCUT2D eigenvalue weighted by Crippen LogP contribution is 2.49. The minimum Gasteiger partial charge on any atom is -0.477 e. The maximum absolute atomic E-state index is 13.7. The van der Waals surface area contributed by atoms with E-state index in [1.807, 2.05) is 0 Å². The van der Waals surface area contributed by atoms with Gasteiger partial charge in [-0.3, -0.25) is 4.79 Å². The molecular formula is C20H12F3NO3S. The van der Waals surface area contributed by atoms with E-state index in [0.717, 1.165) is 23.5 Å². The van der Waals surface area contributed by atoms with Crippen LogP contribution in [-0.4, -0.2) is 17.0 Å². The van der Waals surface area contributed by atoms with Gasteiger partial charge in [-0.25, -0.2) is 18.0 Å². The summed E-state index contributed by atoms with van der Waals surface area (Å²) < 4.78 is 40.3. The van der Waals surface area contributed by atoms with Crippen molar-refractivity contribution in [1.82, 2.24) is 0 Å². The summed E-state index contributed by atoms with van der Waals surface area (Å²) in [5.41, 5.74) is 1.38. The average Bonchev–Trinajstić information content (AvgIpc) is 3.03. The van der Waals surface area contributed by atoms with Crippen LogP contribution >= 0.6 is 11.3 Å². The maximum Gasteiger partial charge on any atom is 0.346 e. The van der Waals surface area contributed by atoms with Crippen LogP contribution in [0.3, 0.4) is 0 Å². The number of hydrogen-bond donors (Lipinski definition) is 2. The van der Waals surface area contributed by atoms with Crippen LogP contribution in [0, 0.1) is 17.5 Å². The summed E-state index contributed by atoms with van der Waals surface area (Å²) >= 11 is 0.960. The van der Waals surface area contributed by atoms with Crippen molar-refractivity contribution in [1.29, 1.82) is 0 Å². The lowest BCUT2D eigenvalue weighted by molar-refractivity contribution is -0.116. The number of thiophene rings is 1. The average molecular weight is 403 g/mol. The van der Waals surface area contributed by atoms with Crippen LogP contribution in [0.25, 0.3) is 11.1 Å². The third-order valence-electron chi connectivity index (χ3n) is 4.58. The molecule has 0 bridgehead atoms.